The summed E-state index contributed by atoms with van der Waals surface area (Å²) >= 11 is 13.8. The minimum atomic E-state index is -1.72. The Kier molecular flexibility index (Phi) is 8.38. The molecule has 2 aromatic carbocycles. The summed E-state index contributed by atoms with van der Waals surface area (Å²) in [7, 11) is 0. The normalized spacial score (nSPS) is 23.7. The maximum Gasteiger partial charge on any atom is 0.317 e. The lowest BCUT2D eigenvalue weighted by molar-refractivity contribution is 0.102. The number of urea groups is 1. The van der Waals surface area contributed by atoms with Crippen LogP contribution in [0.25, 0.3) is 5.57 Å². The Balaban J connectivity index is 1.70. The van der Waals surface area contributed by atoms with Crippen molar-refractivity contribution in [3.63, 3.8) is 0 Å². The van der Waals surface area contributed by atoms with Gasteiger partial charge in [0.15, 0.2) is 9.81 Å². The van der Waals surface area contributed by atoms with Crippen molar-refractivity contribution >= 4 is 63.8 Å². The van der Waals surface area contributed by atoms with Crippen LogP contribution in [0.1, 0.15) is 48.0 Å². The molecule has 2 unspecified atom stereocenters. The molecule has 10 heteroatoms. The van der Waals surface area contributed by atoms with Crippen LogP contribution in [0.15, 0.2) is 66.8 Å². The van der Waals surface area contributed by atoms with Crippen molar-refractivity contribution in [1.82, 2.24) is 5.32 Å². The number of primary amides is 1. The Morgan fingerprint density at radius 3 is 2.49 bits per heavy atom. The Morgan fingerprint density at radius 2 is 1.78 bits per heavy atom. The average molecular weight is 560 g/mol. The number of thioether (sulfide) groups is 1. The lowest BCUT2D eigenvalue weighted by atomic mass is 9.88. The zero-order chi connectivity index (χ0) is 26.6. The molecule has 0 aromatic heterocycles. The molecule has 0 saturated heterocycles. The maximum absolute atomic E-state index is 14.2. The van der Waals surface area contributed by atoms with Gasteiger partial charge in [-0.2, -0.15) is 0 Å². The van der Waals surface area contributed by atoms with E-state index in [1.807, 2.05) is 0 Å². The van der Waals surface area contributed by atoms with Crippen LogP contribution < -0.4 is 16.4 Å². The van der Waals surface area contributed by atoms with E-state index in [0.29, 0.717) is 16.8 Å². The molecule has 4 rings (SSSR count). The number of thiocarbonyl (C=S) groups is 1. The van der Waals surface area contributed by atoms with Crippen LogP contribution in [0.3, 0.4) is 0 Å². The van der Waals surface area contributed by atoms with Gasteiger partial charge in [-0.3, -0.25) is 4.79 Å². The van der Waals surface area contributed by atoms with E-state index in [4.69, 9.17) is 29.6 Å². The summed E-state index contributed by atoms with van der Waals surface area (Å²) in [5.74, 6) is -1.25. The standard InChI is InChI=1S/C27H27ClFN3O3S2/c28-26(24(36)32-25(30)34)16-17(14-15-27(26,35)37-18-8-2-1-3-9-18)19-10-5-7-13-22(19)31-23(33)20-11-4-6-12-21(20)29/h4-7,10-16,18,35H,1-3,8-9H2,(H,31,33)(H3,30,32,34,36). The van der Waals surface area contributed by atoms with Crippen molar-refractivity contribution in [1.29, 1.82) is 0 Å². The molecular formula is C27H27ClFN3O3S2. The third-order valence-electron chi connectivity index (χ3n) is 6.43. The minimum Gasteiger partial charge on any atom is -0.373 e. The molecule has 2 aliphatic rings. The molecule has 0 aliphatic heterocycles. The van der Waals surface area contributed by atoms with E-state index >= 15 is 0 Å². The van der Waals surface area contributed by atoms with Gasteiger partial charge in [0.2, 0.25) is 0 Å². The predicted molar refractivity (Wildman–Crippen MR) is 151 cm³/mol. The lowest BCUT2D eigenvalue weighted by Crippen LogP contribution is -2.58. The van der Waals surface area contributed by atoms with Crippen LogP contribution in [0.4, 0.5) is 14.9 Å². The highest BCUT2D eigenvalue weighted by atomic mass is 35.5. The number of nitrogens with one attached hydrogen (secondary N) is 2. The van der Waals surface area contributed by atoms with Crippen molar-refractivity contribution < 1.29 is 19.1 Å². The summed E-state index contributed by atoms with van der Waals surface area (Å²) in [6.07, 6.45) is 9.99. The molecule has 194 valence electrons. The second kappa shape index (κ2) is 11.3. The third-order valence-corrected chi connectivity index (χ3v) is 9.29. The Bertz CT molecular complexity index is 1280. The van der Waals surface area contributed by atoms with Gasteiger partial charge >= 0.3 is 6.03 Å². The van der Waals surface area contributed by atoms with Crippen LogP contribution in [0.2, 0.25) is 0 Å². The molecule has 2 aromatic rings. The van der Waals surface area contributed by atoms with Crippen molar-refractivity contribution in [3.8, 4) is 0 Å². The summed E-state index contributed by atoms with van der Waals surface area (Å²) in [6, 6.07) is 11.7. The van der Waals surface area contributed by atoms with Gasteiger partial charge in [0, 0.05) is 16.5 Å². The zero-order valence-electron chi connectivity index (χ0n) is 19.9. The summed E-state index contributed by atoms with van der Waals surface area (Å²) in [5, 5.41) is 17.1. The smallest absolute Gasteiger partial charge is 0.317 e. The van der Waals surface area contributed by atoms with Gasteiger partial charge in [-0.05, 0) is 48.8 Å². The topological polar surface area (TPSA) is 104 Å². The number of hydrogen-bond acceptors (Lipinski definition) is 5. The second-order valence-corrected chi connectivity index (χ2v) is 11.5. The number of rotatable bonds is 6. The summed E-state index contributed by atoms with van der Waals surface area (Å²) in [4.78, 5) is 20.9. The third kappa shape index (κ3) is 5.90. The number of amides is 3. The fourth-order valence-corrected chi connectivity index (χ4v) is 6.83. The van der Waals surface area contributed by atoms with E-state index in [9.17, 15) is 19.1 Å². The number of hydrogen-bond donors (Lipinski definition) is 4. The monoisotopic (exact) mass is 559 g/mol. The highest BCUT2D eigenvalue weighted by Crippen LogP contribution is 2.50. The van der Waals surface area contributed by atoms with E-state index in [2.05, 4.69) is 10.6 Å². The number of nitrogens with two attached hydrogens (primary N) is 1. The number of anilines is 1. The molecule has 2 atom stereocenters. The number of allylic oxidation sites excluding steroid dienone is 2. The molecule has 0 bridgehead atoms. The first-order valence-corrected chi connectivity index (χ1v) is 13.6. The number of para-hydroxylation sites is 1. The fraction of sp³-hybridized carbons (Fsp3) is 0.296. The van der Waals surface area contributed by atoms with Gasteiger partial charge in [-0.25, -0.2) is 9.18 Å². The van der Waals surface area contributed by atoms with Gasteiger partial charge in [-0.15, -0.1) is 23.4 Å². The van der Waals surface area contributed by atoms with E-state index in [1.165, 1.54) is 30.0 Å². The number of aliphatic hydroxyl groups is 1. The van der Waals surface area contributed by atoms with Crippen LogP contribution in [0, 0.1) is 5.82 Å². The number of halogens is 2. The number of benzene rings is 2. The van der Waals surface area contributed by atoms with E-state index in [0.717, 1.165) is 32.1 Å². The number of carbonyl (C=O) groups is 2. The number of carbonyl (C=O) groups excluding carboxylic acids is 2. The first kappa shape index (κ1) is 27.3. The second-order valence-electron chi connectivity index (χ2n) is 9.02. The molecule has 0 spiro atoms. The van der Waals surface area contributed by atoms with Crippen molar-refractivity contribution in [2.24, 2.45) is 5.73 Å². The van der Waals surface area contributed by atoms with E-state index in [1.54, 1.807) is 48.6 Å². The Morgan fingerprint density at radius 1 is 1.11 bits per heavy atom. The molecule has 1 saturated carbocycles. The van der Waals surface area contributed by atoms with Gasteiger partial charge in [0.05, 0.1) is 5.56 Å². The van der Waals surface area contributed by atoms with Gasteiger partial charge in [0.25, 0.3) is 5.91 Å². The molecule has 0 radical (unpaired) electrons. The molecule has 37 heavy (non-hydrogen) atoms. The first-order valence-electron chi connectivity index (χ1n) is 11.9. The van der Waals surface area contributed by atoms with Gasteiger partial charge in [-0.1, -0.05) is 67.9 Å². The highest BCUT2D eigenvalue weighted by Gasteiger charge is 2.53. The molecule has 6 nitrogen and oxygen atoms in total. The number of alkyl halides is 1. The molecule has 5 N–H and O–H groups in total. The van der Waals surface area contributed by atoms with Gasteiger partial charge < -0.3 is 21.5 Å². The highest BCUT2D eigenvalue weighted by molar-refractivity contribution is 8.01. The van der Waals surface area contributed by atoms with E-state index in [-0.39, 0.29) is 15.8 Å². The molecule has 0 heterocycles. The van der Waals surface area contributed by atoms with Crippen LogP contribution in [-0.2, 0) is 0 Å². The van der Waals surface area contributed by atoms with Crippen LogP contribution in [-0.4, -0.2) is 37.1 Å². The average Bonchev–Trinajstić information content (AvgIpc) is 2.86. The molecular weight excluding hydrogens is 533 g/mol. The van der Waals surface area contributed by atoms with Gasteiger partial charge in [0.1, 0.15) is 10.8 Å². The first-order chi connectivity index (χ1) is 17.6. The minimum absolute atomic E-state index is 0.0951. The quantitative estimate of drug-likeness (QED) is 0.205. The largest absolute Gasteiger partial charge is 0.373 e. The zero-order valence-corrected chi connectivity index (χ0v) is 22.3. The molecule has 3 amide bonds. The molecule has 1 fully saturated rings. The summed E-state index contributed by atoms with van der Waals surface area (Å²) < 4.78 is 14.2. The lowest BCUT2D eigenvalue weighted by Gasteiger charge is -2.43. The maximum atomic E-state index is 14.2. The summed E-state index contributed by atoms with van der Waals surface area (Å²) in [6.45, 7) is 0. The van der Waals surface area contributed by atoms with Crippen molar-refractivity contribution in [3.05, 3.63) is 83.7 Å². The SMILES string of the molecule is NC(=O)NC(=S)C1(Cl)C=C(c2ccccc2NC(=O)c2ccccc2F)C=CC1(O)SC1CCCCC1. The van der Waals surface area contributed by atoms with E-state index < -0.39 is 27.6 Å². The van der Waals surface area contributed by atoms with Crippen LogP contribution >= 0.6 is 35.6 Å². The predicted octanol–water partition coefficient (Wildman–Crippen LogP) is 5.76. The van der Waals surface area contributed by atoms with Crippen LogP contribution in [0.5, 0.6) is 0 Å². The van der Waals surface area contributed by atoms with Crippen molar-refractivity contribution in [2.45, 2.75) is 47.2 Å². The van der Waals surface area contributed by atoms with Crippen molar-refractivity contribution in [2.75, 3.05) is 5.32 Å². The fourth-order valence-electron chi connectivity index (χ4n) is 4.53. The molecule has 2 aliphatic carbocycles. The summed E-state index contributed by atoms with van der Waals surface area (Å²) in [5.41, 5.74) is 6.75. The Hall–Kier alpha value is -2.72. The Labute approximate surface area is 229 Å².